The van der Waals surface area contributed by atoms with Gasteiger partial charge in [-0.15, -0.1) is 0 Å². The molecule has 90 valence electrons. The molecule has 0 radical (unpaired) electrons. The van der Waals surface area contributed by atoms with E-state index in [4.69, 9.17) is 0 Å². The second-order valence-electron chi connectivity index (χ2n) is 4.55. The Morgan fingerprint density at radius 1 is 1.06 bits per heavy atom. The summed E-state index contributed by atoms with van der Waals surface area (Å²) in [5.41, 5.74) is 1.42. The van der Waals surface area contributed by atoms with Crippen LogP contribution in [0.2, 0.25) is 0 Å². The summed E-state index contributed by atoms with van der Waals surface area (Å²) in [5, 5.41) is 3.63. The maximum Gasteiger partial charge on any atom is 0.00669 e. The third-order valence-electron chi connectivity index (χ3n) is 3.48. The summed E-state index contributed by atoms with van der Waals surface area (Å²) in [4.78, 5) is 0. The van der Waals surface area contributed by atoms with Gasteiger partial charge in [-0.1, -0.05) is 57.0 Å². The third kappa shape index (κ3) is 4.36. The van der Waals surface area contributed by atoms with Crippen molar-refractivity contribution >= 4 is 0 Å². The summed E-state index contributed by atoms with van der Waals surface area (Å²) in [6.45, 7) is 7.96. The van der Waals surface area contributed by atoms with Crippen molar-refractivity contribution in [1.29, 1.82) is 0 Å². The normalized spacial score (nSPS) is 13.0. The minimum absolute atomic E-state index is 0.638. The zero-order valence-corrected chi connectivity index (χ0v) is 10.9. The van der Waals surface area contributed by atoms with Gasteiger partial charge in [0.1, 0.15) is 0 Å². The highest BCUT2D eigenvalue weighted by atomic mass is 14.9. The molecule has 0 amide bonds. The van der Waals surface area contributed by atoms with Gasteiger partial charge >= 0.3 is 0 Å². The lowest BCUT2D eigenvalue weighted by Gasteiger charge is -2.22. The molecular formula is C15H25N. The minimum atomic E-state index is 0.638. The van der Waals surface area contributed by atoms with Gasteiger partial charge in [-0.25, -0.2) is 0 Å². The quantitative estimate of drug-likeness (QED) is 0.738. The van der Waals surface area contributed by atoms with Crippen LogP contribution in [0.25, 0.3) is 0 Å². The number of hydrogen-bond donors (Lipinski definition) is 1. The van der Waals surface area contributed by atoms with E-state index in [2.05, 4.69) is 56.4 Å². The SMILES string of the molecule is CCC(CC)C(C)NCCc1ccccc1. The molecule has 1 nitrogen and oxygen atoms in total. The molecule has 0 bridgehead atoms. The van der Waals surface area contributed by atoms with Crippen molar-refractivity contribution in [1.82, 2.24) is 5.32 Å². The highest BCUT2D eigenvalue weighted by Crippen LogP contribution is 2.12. The van der Waals surface area contributed by atoms with Crippen LogP contribution in [0.15, 0.2) is 30.3 Å². The van der Waals surface area contributed by atoms with E-state index in [1.807, 2.05) is 0 Å². The third-order valence-corrected chi connectivity index (χ3v) is 3.48. The van der Waals surface area contributed by atoms with Gasteiger partial charge in [0.25, 0.3) is 0 Å². The van der Waals surface area contributed by atoms with Crippen LogP contribution in [0.4, 0.5) is 0 Å². The molecule has 0 fully saturated rings. The van der Waals surface area contributed by atoms with Gasteiger partial charge in [0, 0.05) is 6.04 Å². The van der Waals surface area contributed by atoms with E-state index in [0.29, 0.717) is 6.04 Å². The van der Waals surface area contributed by atoms with Crippen molar-refractivity contribution < 1.29 is 0 Å². The smallest absolute Gasteiger partial charge is 0.00669 e. The molecule has 1 N–H and O–H groups in total. The van der Waals surface area contributed by atoms with Crippen molar-refractivity contribution in [2.24, 2.45) is 5.92 Å². The Balaban J connectivity index is 2.25. The number of hydrogen-bond acceptors (Lipinski definition) is 1. The molecule has 1 aromatic carbocycles. The maximum absolute atomic E-state index is 3.63. The number of rotatable bonds is 7. The molecule has 16 heavy (non-hydrogen) atoms. The lowest BCUT2D eigenvalue weighted by Crippen LogP contribution is -2.34. The van der Waals surface area contributed by atoms with Crippen molar-refractivity contribution in [2.75, 3.05) is 6.54 Å². The van der Waals surface area contributed by atoms with Gasteiger partial charge < -0.3 is 5.32 Å². The van der Waals surface area contributed by atoms with Crippen LogP contribution < -0.4 is 5.32 Å². The van der Waals surface area contributed by atoms with Gasteiger partial charge in [0.05, 0.1) is 0 Å². The molecule has 1 aromatic rings. The monoisotopic (exact) mass is 219 g/mol. The Hall–Kier alpha value is -0.820. The molecule has 0 spiro atoms. The highest BCUT2D eigenvalue weighted by Gasteiger charge is 2.11. The van der Waals surface area contributed by atoms with Crippen LogP contribution in [0.5, 0.6) is 0 Å². The maximum atomic E-state index is 3.63. The Kier molecular flexibility index (Phi) is 6.17. The van der Waals surface area contributed by atoms with E-state index in [1.165, 1.54) is 18.4 Å². The predicted octanol–water partition coefficient (Wildman–Crippen LogP) is 3.64. The van der Waals surface area contributed by atoms with E-state index in [9.17, 15) is 0 Å². The summed E-state index contributed by atoms with van der Waals surface area (Å²) < 4.78 is 0. The summed E-state index contributed by atoms with van der Waals surface area (Å²) in [6, 6.07) is 11.3. The lowest BCUT2D eigenvalue weighted by molar-refractivity contribution is 0.356. The van der Waals surface area contributed by atoms with Crippen molar-refractivity contribution in [3.8, 4) is 0 Å². The Morgan fingerprint density at radius 3 is 2.25 bits per heavy atom. The van der Waals surface area contributed by atoms with Crippen LogP contribution in [0.3, 0.4) is 0 Å². The van der Waals surface area contributed by atoms with E-state index in [0.717, 1.165) is 18.9 Å². The molecule has 0 saturated heterocycles. The fraction of sp³-hybridized carbons (Fsp3) is 0.600. The van der Waals surface area contributed by atoms with Crippen molar-refractivity contribution in [3.63, 3.8) is 0 Å². The summed E-state index contributed by atoms with van der Waals surface area (Å²) in [6.07, 6.45) is 3.68. The van der Waals surface area contributed by atoms with Gasteiger partial charge in [0.2, 0.25) is 0 Å². The van der Waals surface area contributed by atoms with Crippen LogP contribution in [-0.2, 0) is 6.42 Å². The fourth-order valence-corrected chi connectivity index (χ4v) is 2.25. The first-order valence-corrected chi connectivity index (χ1v) is 6.55. The largest absolute Gasteiger partial charge is 0.314 e. The van der Waals surface area contributed by atoms with Gasteiger partial charge in [-0.2, -0.15) is 0 Å². The van der Waals surface area contributed by atoms with Crippen molar-refractivity contribution in [3.05, 3.63) is 35.9 Å². The van der Waals surface area contributed by atoms with E-state index < -0.39 is 0 Å². The van der Waals surface area contributed by atoms with E-state index in [1.54, 1.807) is 0 Å². The Labute approximate surface area is 100 Å². The highest BCUT2D eigenvalue weighted by molar-refractivity contribution is 5.14. The second-order valence-corrected chi connectivity index (χ2v) is 4.55. The van der Waals surface area contributed by atoms with E-state index in [-0.39, 0.29) is 0 Å². The van der Waals surface area contributed by atoms with Crippen LogP contribution in [0.1, 0.15) is 39.2 Å². The number of nitrogens with one attached hydrogen (secondary N) is 1. The fourth-order valence-electron chi connectivity index (χ4n) is 2.25. The predicted molar refractivity (Wildman–Crippen MR) is 71.7 cm³/mol. The van der Waals surface area contributed by atoms with Crippen molar-refractivity contribution in [2.45, 2.75) is 46.1 Å². The van der Waals surface area contributed by atoms with Crippen LogP contribution >= 0.6 is 0 Å². The van der Waals surface area contributed by atoms with Gasteiger partial charge in [-0.05, 0) is 31.4 Å². The van der Waals surface area contributed by atoms with E-state index >= 15 is 0 Å². The van der Waals surface area contributed by atoms with Gasteiger partial charge in [-0.3, -0.25) is 0 Å². The first-order chi connectivity index (χ1) is 7.77. The van der Waals surface area contributed by atoms with Crippen LogP contribution in [0, 0.1) is 5.92 Å². The average Bonchev–Trinajstić information content (AvgIpc) is 2.32. The zero-order valence-electron chi connectivity index (χ0n) is 10.9. The zero-order chi connectivity index (χ0) is 11.8. The lowest BCUT2D eigenvalue weighted by atomic mass is 9.95. The summed E-state index contributed by atoms with van der Waals surface area (Å²) in [5.74, 6) is 0.816. The molecule has 0 aromatic heterocycles. The summed E-state index contributed by atoms with van der Waals surface area (Å²) >= 11 is 0. The Morgan fingerprint density at radius 2 is 1.69 bits per heavy atom. The Bertz CT molecular complexity index is 264. The summed E-state index contributed by atoms with van der Waals surface area (Å²) in [7, 11) is 0. The second kappa shape index (κ2) is 7.45. The van der Waals surface area contributed by atoms with Crippen LogP contribution in [-0.4, -0.2) is 12.6 Å². The first-order valence-electron chi connectivity index (χ1n) is 6.55. The molecule has 1 atom stereocenters. The molecule has 0 heterocycles. The first kappa shape index (κ1) is 13.2. The standard InChI is InChI=1S/C15H25N/c1-4-15(5-2)13(3)16-12-11-14-9-7-6-8-10-14/h6-10,13,15-16H,4-5,11-12H2,1-3H3. The molecule has 1 rings (SSSR count). The molecule has 0 saturated carbocycles. The molecule has 0 aliphatic carbocycles. The number of benzene rings is 1. The molecule has 0 aliphatic heterocycles. The molecule has 0 aliphatic rings. The average molecular weight is 219 g/mol. The minimum Gasteiger partial charge on any atom is -0.314 e. The van der Waals surface area contributed by atoms with Gasteiger partial charge in [0.15, 0.2) is 0 Å². The molecular weight excluding hydrogens is 194 g/mol. The molecule has 1 unspecified atom stereocenters. The molecule has 1 heteroatoms. The topological polar surface area (TPSA) is 12.0 Å².